The summed E-state index contributed by atoms with van der Waals surface area (Å²) in [5.41, 5.74) is 5.13. The molecule has 0 aliphatic carbocycles. The van der Waals surface area contributed by atoms with Gasteiger partial charge in [-0.1, -0.05) is 17.7 Å². The summed E-state index contributed by atoms with van der Waals surface area (Å²) in [6.07, 6.45) is 1.47. The minimum absolute atomic E-state index is 0.0148. The van der Waals surface area contributed by atoms with Crippen LogP contribution >= 0.6 is 15.9 Å². The highest BCUT2D eigenvalue weighted by Crippen LogP contribution is 2.34. The first-order valence-corrected chi connectivity index (χ1v) is 7.98. The number of aryl methyl sites for hydroxylation is 1. The number of nitrogens with zero attached hydrogens (tertiary/aromatic N) is 1. The number of anilines is 1. The number of rotatable bonds is 6. The van der Waals surface area contributed by atoms with Gasteiger partial charge in [-0.3, -0.25) is 4.79 Å². The minimum Gasteiger partial charge on any atom is -0.503 e. The van der Waals surface area contributed by atoms with Crippen molar-refractivity contribution >= 4 is 33.7 Å². The Labute approximate surface area is 148 Å². The van der Waals surface area contributed by atoms with Gasteiger partial charge in [0.1, 0.15) is 0 Å². The molecule has 24 heavy (non-hydrogen) atoms. The highest BCUT2D eigenvalue weighted by Gasteiger charge is 2.07. The molecule has 2 rings (SSSR count). The van der Waals surface area contributed by atoms with Crippen molar-refractivity contribution in [3.05, 3.63) is 52.0 Å². The fraction of sp³-hybridized carbons (Fsp3) is 0.176. The van der Waals surface area contributed by atoms with E-state index in [1.807, 2.05) is 31.2 Å². The number of carbonyl (C=O) groups excluding carboxylic acids is 1. The van der Waals surface area contributed by atoms with Crippen LogP contribution < -0.4 is 15.5 Å². The predicted molar refractivity (Wildman–Crippen MR) is 97.8 cm³/mol. The molecule has 0 radical (unpaired) electrons. The molecule has 3 N–H and O–H groups in total. The predicted octanol–water partition coefficient (Wildman–Crippen LogP) is 3.03. The van der Waals surface area contributed by atoms with Crippen LogP contribution in [0.15, 0.2) is 46.0 Å². The van der Waals surface area contributed by atoms with Crippen LogP contribution in [0, 0.1) is 6.92 Å². The summed E-state index contributed by atoms with van der Waals surface area (Å²) < 4.78 is 5.53. The van der Waals surface area contributed by atoms with E-state index in [4.69, 9.17) is 4.74 Å². The van der Waals surface area contributed by atoms with Gasteiger partial charge in [0.2, 0.25) is 0 Å². The highest BCUT2D eigenvalue weighted by atomic mass is 79.9. The average molecular weight is 392 g/mol. The summed E-state index contributed by atoms with van der Waals surface area (Å²) in [7, 11) is 1.46. The first kappa shape index (κ1) is 17.8. The Hall–Kier alpha value is -2.54. The van der Waals surface area contributed by atoms with Crippen LogP contribution in [0.3, 0.4) is 0 Å². The van der Waals surface area contributed by atoms with Gasteiger partial charge in [-0.05, 0) is 52.7 Å². The van der Waals surface area contributed by atoms with Crippen molar-refractivity contribution in [2.24, 2.45) is 5.10 Å². The van der Waals surface area contributed by atoms with Crippen molar-refractivity contribution in [3.63, 3.8) is 0 Å². The molecule has 0 spiro atoms. The van der Waals surface area contributed by atoms with Crippen molar-refractivity contribution in [1.29, 1.82) is 0 Å². The number of phenolic OH excluding ortho intramolecular Hbond substituents is 1. The lowest BCUT2D eigenvalue weighted by atomic mass is 10.2. The van der Waals surface area contributed by atoms with Gasteiger partial charge in [0, 0.05) is 5.69 Å². The molecule has 0 aromatic heterocycles. The smallest absolute Gasteiger partial charge is 0.259 e. The Morgan fingerprint density at radius 1 is 1.33 bits per heavy atom. The van der Waals surface area contributed by atoms with Gasteiger partial charge < -0.3 is 15.2 Å². The lowest BCUT2D eigenvalue weighted by Gasteiger charge is -2.07. The summed E-state index contributed by atoms with van der Waals surface area (Å²) in [5.74, 6) is 0.0656. The van der Waals surface area contributed by atoms with Gasteiger partial charge in [0.15, 0.2) is 11.5 Å². The van der Waals surface area contributed by atoms with Crippen LogP contribution in [0.2, 0.25) is 0 Å². The van der Waals surface area contributed by atoms with E-state index in [2.05, 4.69) is 31.8 Å². The number of phenols is 1. The van der Waals surface area contributed by atoms with E-state index < -0.39 is 0 Å². The molecule has 0 atom stereocenters. The normalized spacial score (nSPS) is 10.6. The van der Waals surface area contributed by atoms with E-state index in [0.29, 0.717) is 15.8 Å². The summed E-state index contributed by atoms with van der Waals surface area (Å²) in [5, 5.41) is 16.6. The van der Waals surface area contributed by atoms with Crippen LogP contribution in [0.1, 0.15) is 11.1 Å². The molecule has 0 saturated carbocycles. The fourth-order valence-corrected chi connectivity index (χ4v) is 2.36. The Bertz CT molecular complexity index is 745. The quantitative estimate of drug-likeness (QED) is 0.521. The topological polar surface area (TPSA) is 83.0 Å². The number of halogens is 1. The van der Waals surface area contributed by atoms with E-state index >= 15 is 0 Å². The van der Waals surface area contributed by atoms with E-state index in [9.17, 15) is 9.90 Å². The van der Waals surface area contributed by atoms with E-state index in [-0.39, 0.29) is 18.2 Å². The molecule has 0 aliphatic rings. The number of benzene rings is 2. The molecule has 6 nitrogen and oxygen atoms in total. The van der Waals surface area contributed by atoms with Crippen LogP contribution in [0.25, 0.3) is 0 Å². The molecule has 2 aromatic carbocycles. The molecule has 126 valence electrons. The van der Waals surface area contributed by atoms with Crippen molar-refractivity contribution in [1.82, 2.24) is 5.43 Å². The van der Waals surface area contributed by atoms with E-state index in [1.165, 1.54) is 13.3 Å². The van der Waals surface area contributed by atoms with E-state index in [1.54, 1.807) is 12.1 Å². The Morgan fingerprint density at radius 3 is 2.71 bits per heavy atom. The Kier molecular flexibility index (Phi) is 6.20. The maximum Gasteiger partial charge on any atom is 0.259 e. The summed E-state index contributed by atoms with van der Waals surface area (Å²) in [6, 6.07) is 11.0. The molecule has 0 saturated heterocycles. The lowest BCUT2D eigenvalue weighted by molar-refractivity contribution is -0.119. The zero-order valence-electron chi connectivity index (χ0n) is 13.3. The van der Waals surface area contributed by atoms with Crippen molar-refractivity contribution < 1.29 is 14.6 Å². The third kappa shape index (κ3) is 4.99. The number of carbonyl (C=O) groups is 1. The van der Waals surface area contributed by atoms with Gasteiger partial charge in [-0.15, -0.1) is 0 Å². The second-order valence-corrected chi connectivity index (χ2v) is 5.92. The Morgan fingerprint density at radius 2 is 2.04 bits per heavy atom. The summed E-state index contributed by atoms with van der Waals surface area (Å²) >= 11 is 3.23. The average Bonchev–Trinajstić information content (AvgIpc) is 2.57. The standard InChI is InChI=1S/C17H18BrN3O3/c1-11-3-5-13(6-4-11)19-10-16(22)21-20-9-12-7-14(18)17(23)15(8-12)24-2/h3-9,19,23H,10H2,1-2H3,(H,21,22)/b20-9-. The van der Waals surface area contributed by atoms with Gasteiger partial charge in [-0.2, -0.15) is 5.10 Å². The molecule has 7 heteroatoms. The summed E-state index contributed by atoms with van der Waals surface area (Å²) in [4.78, 5) is 11.8. The SMILES string of the molecule is COc1cc(/C=N\NC(=O)CNc2ccc(C)cc2)cc(Br)c1O. The number of ether oxygens (including phenoxy) is 1. The molecule has 0 bridgehead atoms. The fourth-order valence-electron chi connectivity index (χ4n) is 1.90. The number of methoxy groups -OCH3 is 1. The minimum atomic E-state index is -0.267. The lowest BCUT2D eigenvalue weighted by Crippen LogP contribution is -2.25. The third-order valence-corrected chi connectivity index (χ3v) is 3.78. The molecule has 1 amide bonds. The van der Waals surface area contributed by atoms with Gasteiger partial charge in [0.25, 0.3) is 5.91 Å². The second kappa shape index (κ2) is 8.35. The zero-order chi connectivity index (χ0) is 17.5. The van der Waals surface area contributed by atoms with Crippen molar-refractivity contribution in [3.8, 4) is 11.5 Å². The highest BCUT2D eigenvalue weighted by molar-refractivity contribution is 9.10. The maximum atomic E-state index is 11.8. The van der Waals surface area contributed by atoms with Crippen LogP contribution in [-0.2, 0) is 4.79 Å². The van der Waals surface area contributed by atoms with Crippen LogP contribution in [-0.4, -0.2) is 30.9 Å². The second-order valence-electron chi connectivity index (χ2n) is 5.07. The van der Waals surface area contributed by atoms with Gasteiger partial charge in [0.05, 0.1) is 24.3 Å². The van der Waals surface area contributed by atoms with E-state index in [0.717, 1.165) is 11.3 Å². The number of nitrogens with one attached hydrogen (secondary N) is 2. The molecule has 0 aliphatic heterocycles. The third-order valence-electron chi connectivity index (χ3n) is 3.18. The van der Waals surface area contributed by atoms with Gasteiger partial charge >= 0.3 is 0 Å². The first-order chi connectivity index (χ1) is 11.5. The molecular formula is C17H18BrN3O3. The number of amides is 1. The Balaban J connectivity index is 1.88. The number of hydrogen-bond donors (Lipinski definition) is 3. The van der Waals surface area contributed by atoms with Gasteiger partial charge in [-0.25, -0.2) is 5.43 Å². The van der Waals surface area contributed by atoms with Crippen molar-refractivity contribution in [2.45, 2.75) is 6.92 Å². The number of aromatic hydroxyl groups is 1. The monoisotopic (exact) mass is 391 g/mol. The molecular weight excluding hydrogens is 374 g/mol. The number of hydrogen-bond acceptors (Lipinski definition) is 5. The van der Waals surface area contributed by atoms with Crippen molar-refractivity contribution in [2.75, 3.05) is 19.0 Å². The first-order valence-electron chi connectivity index (χ1n) is 7.18. The maximum absolute atomic E-state index is 11.8. The van der Waals surface area contributed by atoms with Crippen LogP contribution in [0.4, 0.5) is 5.69 Å². The molecule has 0 unspecified atom stereocenters. The zero-order valence-corrected chi connectivity index (χ0v) is 14.9. The summed E-state index contributed by atoms with van der Waals surface area (Å²) in [6.45, 7) is 2.12. The largest absolute Gasteiger partial charge is 0.503 e. The number of hydrazone groups is 1. The molecule has 2 aromatic rings. The van der Waals surface area contributed by atoms with Crippen LogP contribution in [0.5, 0.6) is 11.5 Å². The molecule has 0 heterocycles. The molecule has 0 fully saturated rings.